The molecule has 3 rings (SSSR count). The van der Waals surface area contributed by atoms with Crippen LogP contribution < -0.4 is 0 Å². The fourth-order valence-electron chi connectivity index (χ4n) is 1.27. The molecule has 78 valence electrons. The van der Waals surface area contributed by atoms with Gasteiger partial charge in [0, 0.05) is 36.4 Å². The van der Waals surface area contributed by atoms with Crippen LogP contribution in [0.4, 0.5) is 0 Å². The molecule has 0 N–H and O–H groups in total. The van der Waals surface area contributed by atoms with E-state index in [0.717, 1.165) is 5.52 Å². The average molecular weight is 209 g/mol. The number of rotatable bonds is 0. The predicted molar refractivity (Wildman–Crippen MR) is 63.8 cm³/mol. The minimum absolute atomic E-state index is 1.06. The van der Waals surface area contributed by atoms with E-state index < -0.39 is 0 Å². The van der Waals surface area contributed by atoms with Crippen LogP contribution >= 0.6 is 0 Å². The molecule has 0 radical (unpaired) electrons. The Balaban J connectivity index is 0.000000138. The third-order valence-electron chi connectivity index (χ3n) is 1.99. The maximum absolute atomic E-state index is 4.18. The number of pyridine rings is 1. The second kappa shape index (κ2) is 5.56. The molecular formula is C13H11N3. The molecule has 0 unspecified atom stereocenters. The monoisotopic (exact) mass is 209 g/mol. The standard InChI is InChI=1S/C9H7N.C4H4N2/c1-2-6-9-8(4-1)5-3-7-10-9;1-2-6-4-3-5-1/h1-7H;1-4H. The van der Waals surface area contributed by atoms with Gasteiger partial charge < -0.3 is 0 Å². The van der Waals surface area contributed by atoms with E-state index in [0.29, 0.717) is 0 Å². The highest BCUT2D eigenvalue weighted by atomic mass is 14.7. The molecule has 0 saturated carbocycles. The van der Waals surface area contributed by atoms with Gasteiger partial charge in [0.25, 0.3) is 0 Å². The number of hydrogen-bond acceptors (Lipinski definition) is 3. The van der Waals surface area contributed by atoms with E-state index in [1.54, 1.807) is 24.8 Å². The third kappa shape index (κ3) is 2.85. The van der Waals surface area contributed by atoms with Gasteiger partial charge in [-0.15, -0.1) is 0 Å². The van der Waals surface area contributed by atoms with E-state index >= 15 is 0 Å². The van der Waals surface area contributed by atoms with Crippen LogP contribution in [0.15, 0.2) is 67.4 Å². The van der Waals surface area contributed by atoms with Crippen molar-refractivity contribution in [3.8, 4) is 0 Å². The summed E-state index contributed by atoms with van der Waals surface area (Å²) in [4.78, 5) is 11.6. The zero-order chi connectivity index (χ0) is 11.1. The number of nitrogens with zero attached hydrogens (tertiary/aromatic N) is 3. The van der Waals surface area contributed by atoms with Crippen LogP contribution in [0.1, 0.15) is 0 Å². The first-order valence-electron chi connectivity index (χ1n) is 4.96. The normalized spacial score (nSPS) is 9.25. The molecule has 1 aromatic carbocycles. The van der Waals surface area contributed by atoms with Crippen LogP contribution in [-0.2, 0) is 0 Å². The maximum Gasteiger partial charge on any atom is 0.0701 e. The summed E-state index contributed by atoms with van der Waals surface area (Å²) in [5, 5.41) is 1.20. The van der Waals surface area contributed by atoms with E-state index in [4.69, 9.17) is 0 Å². The predicted octanol–water partition coefficient (Wildman–Crippen LogP) is 2.71. The van der Waals surface area contributed by atoms with Crippen molar-refractivity contribution in [1.82, 2.24) is 15.0 Å². The van der Waals surface area contributed by atoms with Crippen molar-refractivity contribution >= 4 is 10.9 Å². The van der Waals surface area contributed by atoms with Crippen molar-refractivity contribution in [3.05, 3.63) is 67.4 Å². The zero-order valence-corrected chi connectivity index (χ0v) is 8.69. The lowest BCUT2D eigenvalue weighted by atomic mass is 10.2. The fourth-order valence-corrected chi connectivity index (χ4v) is 1.27. The summed E-state index contributed by atoms with van der Waals surface area (Å²) in [6.07, 6.45) is 8.36. The Hall–Kier alpha value is -2.29. The Morgan fingerprint density at radius 3 is 1.88 bits per heavy atom. The number of para-hydroxylation sites is 1. The summed E-state index contributed by atoms with van der Waals surface area (Å²) in [6, 6.07) is 12.1. The van der Waals surface area contributed by atoms with Crippen LogP contribution in [0.25, 0.3) is 10.9 Å². The Morgan fingerprint density at radius 1 is 0.625 bits per heavy atom. The lowest BCUT2D eigenvalue weighted by molar-refractivity contribution is 1.20. The average Bonchev–Trinajstić information content (AvgIpc) is 2.42. The van der Waals surface area contributed by atoms with Crippen LogP contribution in [0.2, 0.25) is 0 Å². The van der Waals surface area contributed by atoms with Gasteiger partial charge in [-0.2, -0.15) is 0 Å². The van der Waals surface area contributed by atoms with Gasteiger partial charge in [-0.1, -0.05) is 24.3 Å². The highest BCUT2D eigenvalue weighted by Gasteiger charge is 1.86. The van der Waals surface area contributed by atoms with Crippen molar-refractivity contribution in [1.29, 1.82) is 0 Å². The van der Waals surface area contributed by atoms with Crippen LogP contribution in [-0.4, -0.2) is 15.0 Å². The molecule has 0 amide bonds. The highest BCUT2D eigenvalue weighted by Crippen LogP contribution is 2.07. The molecule has 0 bridgehead atoms. The molecule has 16 heavy (non-hydrogen) atoms. The van der Waals surface area contributed by atoms with Gasteiger partial charge in [0.2, 0.25) is 0 Å². The lowest BCUT2D eigenvalue weighted by Crippen LogP contribution is -1.73. The van der Waals surface area contributed by atoms with E-state index in [2.05, 4.69) is 27.1 Å². The summed E-state index contributed by atoms with van der Waals surface area (Å²) in [5.41, 5.74) is 1.06. The summed E-state index contributed by atoms with van der Waals surface area (Å²) in [7, 11) is 0. The van der Waals surface area contributed by atoms with Crippen LogP contribution in [0, 0.1) is 0 Å². The SMILES string of the molecule is c1ccc2ncccc2c1.c1cnccn1. The number of fused-ring (bicyclic) bond motifs is 1. The van der Waals surface area contributed by atoms with Gasteiger partial charge >= 0.3 is 0 Å². The van der Waals surface area contributed by atoms with Crippen LogP contribution in [0.3, 0.4) is 0 Å². The van der Waals surface area contributed by atoms with Gasteiger partial charge in [-0.25, -0.2) is 0 Å². The van der Waals surface area contributed by atoms with Crippen molar-refractivity contribution in [2.45, 2.75) is 0 Å². The summed E-state index contributed by atoms with van der Waals surface area (Å²) >= 11 is 0. The first kappa shape index (κ1) is 10.2. The molecule has 0 atom stereocenters. The molecule has 3 heteroatoms. The molecule has 0 aliphatic rings. The van der Waals surface area contributed by atoms with Crippen molar-refractivity contribution in [3.63, 3.8) is 0 Å². The summed E-state index contributed by atoms with van der Waals surface area (Å²) in [5.74, 6) is 0. The van der Waals surface area contributed by atoms with Gasteiger partial charge in [-0.05, 0) is 12.1 Å². The Labute approximate surface area is 93.8 Å². The summed E-state index contributed by atoms with van der Waals surface area (Å²) < 4.78 is 0. The molecule has 2 aromatic heterocycles. The molecule has 0 aliphatic heterocycles. The van der Waals surface area contributed by atoms with E-state index in [9.17, 15) is 0 Å². The van der Waals surface area contributed by atoms with Gasteiger partial charge in [0.15, 0.2) is 0 Å². The molecule has 0 saturated heterocycles. The first-order valence-corrected chi connectivity index (χ1v) is 4.96. The molecule has 0 fully saturated rings. The second-order valence-electron chi connectivity index (χ2n) is 3.09. The minimum Gasteiger partial charge on any atom is -0.262 e. The van der Waals surface area contributed by atoms with Crippen molar-refractivity contribution in [2.24, 2.45) is 0 Å². The lowest BCUT2D eigenvalue weighted by Gasteiger charge is -1.91. The van der Waals surface area contributed by atoms with E-state index in [1.165, 1.54) is 5.39 Å². The Kier molecular flexibility index (Phi) is 3.55. The van der Waals surface area contributed by atoms with Gasteiger partial charge in [-0.3, -0.25) is 15.0 Å². The minimum atomic E-state index is 1.06. The molecule has 3 aromatic rings. The fraction of sp³-hybridized carbons (Fsp3) is 0. The smallest absolute Gasteiger partial charge is 0.0701 e. The molecule has 0 spiro atoms. The quantitative estimate of drug-likeness (QED) is 0.571. The molecule has 0 aliphatic carbocycles. The van der Waals surface area contributed by atoms with E-state index in [1.807, 2.05) is 30.5 Å². The third-order valence-corrected chi connectivity index (χ3v) is 1.99. The van der Waals surface area contributed by atoms with Crippen molar-refractivity contribution in [2.75, 3.05) is 0 Å². The maximum atomic E-state index is 4.18. The molecule has 3 nitrogen and oxygen atoms in total. The zero-order valence-electron chi connectivity index (χ0n) is 8.69. The molecule has 2 heterocycles. The number of benzene rings is 1. The Morgan fingerprint density at radius 2 is 1.25 bits per heavy atom. The topological polar surface area (TPSA) is 38.7 Å². The second-order valence-corrected chi connectivity index (χ2v) is 3.09. The van der Waals surface area contributed by atoms with Crippen LogP contribution in [0.5, 0.6) is 0 Å². The molecular weight excluding hydrogens is 198 g/mol. The van der Waals surface area contributed by atoms with Crippen molar-refractivity contribution < 1.29 is 0 Å². The van der Waals surface area contributed by atoms with E-state index in [-0.39, 0.29) is 0 Å². The highest BCUT2D eigenvalue weighted by molar-refractivity contribution is 5.77. The Bertz CT molecular complexity index is 445. The number of hydrogen-bond donors (Lipinski definition) is 0. The van der Waals surface area contributed by atoms with Gasteiger partial charge in [0.05, 0.1) is 5.52 Å². The van der Waals surface area contributed by atoms with Gasteiger partial charge in [0.1, 0.15) is 0 Å². The summed E-state index contributed by atoms with van der Waals surface area (Å²) in [6.45, 7) is 0. The largest absolute Gasteiger partial charge is 0.262 e. The number of aromatic nitrogens is 3. The first-order chi connectivity index (χ1) is 7.97.